The van der Waals surface area contributed by atoms with Gasteiger partial charge in [-0.2, -0.15) is 0 Å². The van der Waals surface area contributed by atoms with Crippen LogP contribution in [-0.2, 0) is 0 Å². The highest BCUT2D eigenvalue weighted by molar-refractivity contribution is 6.43. The summed E-state index contributed by atoms with van der Waals surface area (Å²) in [6.07, 6.45) is -1.26. The molecule has 0 bridgehead atoms. The molecule has 0 saturated carbocycles. The summed E-state index contributed by atoms with van der Waals surface area (Å²) < 4.78 is 11.4. The second-order valence-electron chi connectivity index (χ2n) is 4.31. The molecule has 0 aromatic heterocycles. The molecule has 18 heavy (non-hydrogen) atoms. The summed E-state index contributed by atoms with van der Waals surface area (Å²) in [5.74, 6) is 1.12. The summed E-state index contributed by atoms with van der Waals surface area (Å²) in [6.45, 7) is 3.97. The van der Waals surface area contributed by atoms with Crippen LogP contribution in [0.3, 0.4) is 0 Å². The fraction of sp³-hybridized carbons (Fsp3) is 0.500. The molecular formula is C12H15Cl2NO3. The summed E-state index contributed by atoms with van der Waals surface area (Å²) in [7, 11) is 0. The molecular weight excluding hydrogens is 277 g/mol. The molecule has 6 heteroatoms. The Bertz CT molecular complexity index is 479. The van der Waals surface area contributed by atoms with Crippen molar-refractivity contribution < 1.29 is 14.6 Å². The minimum absolute atomic E-state index is 0.114. The van der Waals surface area contributed by atoms with E-state index in [1.165, 1.54) is 0 Å². The van der Waals surface area contributed by atoms with Crippen LogP contribution in [0.5, 0.6) is 11.5 Å². The van der Waals surface area contributed by atoms with E-state index in [1.807, 2.05) is 6.92 Å². The van der Waals surface area contributed by atoms with Crippen LogP contribution >= 0.6 is 23.2 Å². The number of halogens is 2. The van der Waals surface area contributed by atoms with Gasteiger partial charge in [-0.1, -0.05) is 23.2 Å². The molecule has 0 radical (unpaired) electrons. The van der Waals surface area contributed by atoms with E-state index in [0.717, 1.165) is 5.56 Å². The third-order valence-corrected chi connectivity index (χ3v) is 4.11. The normalized spacial score (nSPS) is 19.8. The number of aliphatic hydroxyl groups excluding tert-OH is 1. The average Bonchev–Trinajstić information content (AvgIpc) is 2.41. The zero-order chi connectivity index (χ0) is 13.4. The number of rotatable bonds is 2. The van der Waals surface area contributed by atoms with Gasteiger partial charge in [-0.15, -0.1) is 0 Å². The van der Waals surface area contributed by atoms with Gasteiger partial charge < -0.3 is 20.3 Å². The van der Waals surface area contributed by atoms with E-state index in [9.17, 15) is 5.11 Å². The molecule has 0 aliphatic carbocycles. The van der Waals surface area contributed by atoms with Gasteiger partial charge in [-0.05, 0) is 13.8 Å². The summed E-state index contributed by atoms with van der Waals surface area (Å²) >= 11 is 12.2. The topological polar surface area (TPSA) is 64.7 Å². The molecule has 2 unspecified atom stereocenters. The number of fused-ring (bicyclic) bond motifs is 1. The highest BCUT2D eigenvalue weighted by Gasteiger charge is 2.31. The van der Waals surface area contributed by atoms with Gasteiger partial charge in [0.1, 0.15) is 12.7 Å². The van der Waals surface area contributed by atoms with Crippen LogP contribution in [-0.4, -0.2) is 30.5 Å². The Kier molecular flexibility index (Phi) is 3.92. The molecule has 1 aliphatic rings. The van der Waals surface area contributed by atoms with Crippen molar-refractivity contribution in [1.29, 1.82) is 0 Å². The molecule has 1 aliphatic heterocycles. The monoisotopic (exact) mass is 291 g/mol. The van der Waals surface area contributed by atoms with Gasteiger partial charge in [-0.25, -0.2) is 0 Å². The molecule has 1 aromatic rings. The first-order valence-corrected chi connectivity index (χ1v) is 6.38. The average molecular weight is 292 g/mol. The fourth-order valence-corrected chi connectivity index (χ4v) is 2.33. The maximum absolute atomic E-state index is 9.70. The molecule has 1 aromatic carbocycles. The van der Waals surface area contributed by atoms with E-state index in [2.05, 4.69) is 0 Å². The Labute approximate surface area is 116 Å². The van der Waals surface area contributed by atoms with E-state index in [-0.39, 0.29) is 13.2 Å². The van der Waals surface area contributed by atoms with Crippen LogP contribution in [0.15, 0.2) is 0 Å². The number of hydrogen-bond acceptors (Lipinski definition) is 4. The predicted molar refractivity (Wildman–Crippen MR) is 70.9 cm³/mol. The van der Waals surface area contributed by atoms with Crippen LogP contribution in [0.4, 0.5) is 0 Å². The maximum Gasteiger partial charge on any atom is 0.166 e. The number of aliphatic hydroxyl groups is 1. The molecule has 0 fully saturated rings. The van der Waals surface area contributed by atoms with Crippen molar-refractivity contribution in [1.82, 2.24) is 0 Å². The van der Waals surface area contributed by atoms with Gasteiger partial charge in [0.25, 0.3) is 0 Å². The summed E-state index contributed by atoms with van der Waals surface area (Å²) in [5, 5.41) is 10.6. The third-order valence-electron chi connectivity index (χ3n) is 3.07. The Morgan fingerprint density at radius 2 is 1.83 bits per heavy atom. The zero-order valence-corrected chi connectivity index (χ0v) is 11.7. The smallest absolute Gasteiger partial charge is 0.166 e. The minimum Gasteiger partial charge on any atom is -0.485 e. The van der Waals surface area contributed by atoms with Gasteiger partial charge in [0.15, 0.2) is 17.6 Å². The number of hydrogen-bond donors (Lipinski definition) is 2. The Balaban J connectivity index is 2.44. The van der Waals surface area contributed by atoms with Gasteiger partial charge >= 0.3 is 0 Å². The van der Waals surface area contributed by atoms with Crippen molar-refractivity contribution in [3.8, 4) is 11.5 Å². The molecule has 0 amide bonds. The molecule has 4 nitrogen and oxygen atoms in total. The third kappa shape index (κ3) is 2.14. The van der Waals surface area contributed by atoms with E-state index in [1.54, 1.807) is 6.92 Å². The van der Waals surface area contributed by atoms with Gasteiger partial charge in [0, 0.05) is 17.7 Å². The lowest BCUT2D eigenvalue weighted by molar-refractivity contribution is -0.00607. The first kappa shape index (κ1) is 13.7. The lowest BCUT2D eigenvalue weighted by Gasteiger charge is -2.31. The zero-order valence-electron chi connectivity index (χ0n) is 10.2. The molecule has 2 rings (SSSR count). The summed E-state index contributed by atoms with van der Waals surface area (Å²) in [6, 6.07) is 0. The fourth-order valence-electron chi connectivity index (χ4n) is 1.88. The van der Waals surface area contributed by atoms with Gasteiger partial charge in [-0.3, -0.25) is 0 Å². The second-order valence-corrected chi connectivity index (χ2v) is 5.06. The quantitative estimate of drug-likeness (QED) is 0.876. The highest BCUT2D eigenvalue weighted by atomic mass is 35.5. The van der Waals surface area contributed by atoms with E-state index in [4.69, 9.17) is 38.4 Å². The first-order valence-electron chi connectivity index (χ1n) is 5.63. The van der Waals surface area contributed by atoms with Crippen molar-refractivity contribution >= 4 is 23.2 Å². The Hall–Kier alpha value is -0.680. The molecule has 0 spiro atoms. The molecule has 1 heterocycles. The van der Waals surface area contributed by atoms with Crippen LogP contribution in [0.1, 0.15) is 11.1 Å². The molecule has 100 valence electrons. The van der Waals surface area contributed by atoms with E-state index >= 15 is 0 Å². The van der Waals surface area contributed by atoms with Crippen molar-refractivity contribution in [2.24, 2.45) is 5.73 Å². The molecule has 3 N–H and O–H groups in total. The van der Waals surface area contributed by atoms with E-state index < -0.39 is 12.2 Å². The number of benzene rings is 1. The van der Waals surface area contributed by atoms with Crippen LogP contribution < -0.4 is 15.2 Å². The Morgan fingerprint density at radius 3 is 2.39 bits per heavy atom. The lowest BCUT2D eigenvalue weighted by Crippen LogP contribution is -2.43. The van der Waals surface area contributed by atoms with Crippen molar-refractivity contribution in [2.45, 2.75) is 26.1 Å². The maximum atomic E-state index is 9.70. The van der Waals surface area contributed by atoms with Crippen molar-refractivity contribution in [2.75, 3.05) is 13.2 Å². The first-order chi connectivity index (χ1) is 8.47. The van der Waals surface area contributed by atoms with Crippen LogP contribution in [0.25, 0.3) is 0 Å². The second kappa shape index (κ2) is 5.13. The molecule has 0 saturated heterocycles. The van der Waals surface area contributed by atoms with Gasteiger partial charge in [0.2, 0.25) is 0 Å². The summed E-state index contributed by atoms with van der Waals surface area (Å²) in [5.41, 5.74) is 6.86. The lowest BCUT2D eigenvalue weighted by atomic mass is 10.1. The van der Waals surface area contributed by atoms with Crippen molar-refractivity contribution in [3.05, 3.63) is 21.2 Å². The highest BCUT2D eigenvalue weighted by Crippen LogP contribution is 2.46. The largest absolute Gasteiger partial charge is 0.485 e. The minimum atomic E-state index is -0.771. The standard InChI is InChI=1S/C12H15Cl2NO3/c1-5-9(13)10(14)6(2)12-11(5)17-4-8(18-12)7(16)3-15/h7-8,16H,3-4,15H2,1-2H3. The number of ether oxygens (including phenoxy) is 2. The predicted octanol–water partition coefficient (Wildman–Crippen LogP) is 2.07. The SMILES string of the molecule is Cc1c(Cl)c(Cl)c(C)c2c1OCC(C(O)CN)O2. The van der Waals surface area contributed by atoms with E-state index in [0.29, 0.717) is 27.1 Å². The van der Waals surface area contributed by atoms with Crippen LogP contribution in [0.2, 0.25) is 10.0 Å². The number of nitrogens with two attached hydrogens (primary N) is 1. The van der Waals surface area contributed by atoms with Crippen molar-refractivity contribution in [3.63, 3.8) is 0 Å². The van der Waals surface area contributed by atoms with Crippen LogP contribution in [0, 0.1) is 13.8 Å². The summed E-state index contributed by atoms with van der Waals surface area (Å²) in [4.78, 5) is 0. The Morgan fingerprint density at radius 1 is 1.28 bits per heavy atom. The van der Waals surface area contributed by atoms with Gasteiger partial charge in [0.05, 0.1) is 10.0 Å². The molecule has 2 atom stereocenters.